The van der Waals surface area contributed by atoms with Crippen LogP contribution in [0.5, 0.6) is 11.5 Å². The lowest BCUT2D eigenvalue weighted by Gasteiger charge is -2.24. The van der Waals surface area contributed by atoms with Crippen molar-refractivity contribution in [2.75, 3.05) is 23.7 Å². The highest BCUT2D eigenvalue weighted by molar-refractivity contribution is 6.16. The van der Waals surface area contributed by atoms with Crippen LogP contribution in [0.1, 0.15) is 51.5 Å². The molecule has 4 aromatic rings. The van der Waals surface area contributed by atoms with Crippen molar-refractivity contribution in [2.24, 2.45) is 5.41 Å². The van der Waals surface area contributed by atoms with Crippen molar-refractivity contribution >= 4 is 40.2 Å². The first-order valence-electron chi connectivity index (χ1n) is 15.0. The molecule has 6 rings (SSSR count). The quantitative estimate of drug-likeness (QED) is 0.213. The number of aromatic nitrogens is 1. The molecule has 1 saturated heterocycles. The molecule has 2 N–H and O–H groups in total. The number of hydrogen-bond donors (Lipinski definition) is 2. The van der Waals surface area contributed by atoms with Crippen molar-refractivity contribution in [1.82, 2.24) is 9.88 Å². The van der Waals surface area contributed by atoms with Gasteiger partial charge in [0.1, 0.15) is 28.3 Å². The van der Waals surface area contributed by atoms with E-state index in [0.717, 1.165) is 22.9 Å². The summed E-state index contributed by atoms with van der Waals surface area (Å²) in [4.78, 5) is 44.7. The molecule has 1 atom stereocenters. The Bertz CT molecular complexity index is 1750. The largest absolute Gasteiger partial charge is 0.457 e. The van der Waals surface area contributed by atoms with Crippen LogP contribution in [0.3, 0.4) is 0 Å². The SMILES string of the molecule is CC(C)(C)OC(=O)N1CCC(c2ccc3c(Oc4ccc(NC(=O)C5(C(=O)Nc6ccc(F)cc6)CC5)cc4)ccnc3c2)C1. The molecule has 3 aromatic carbocycles. The fourth-order valence-corrected chi connectivity index (χ4v) is 5.46. The normalized spacial score (nSPS) is 17.1. The lowest BCUT2D eigenvalue weighted by Crippen LogP contribution is -2.35. The van der Waals surface area contributed by atoms with Crippen LogP contribution in [0, 0.1) is 11.2 Å². The van der Waals surface area contributed by atoms with Gasteiger partial charge in [0.2, 0.25) is 11.8 Å². The van der Waals surface area contributed by atoms with Gasteiger partial charge in [0, 0.05) is 42.0 Å². The number of carbonyl (C=O) groups is 3. The molecular weight excluding hydrogens is 575 g/mol. The molecule has 10 heteroatoms. The van der Waals surface area contributed by atoms with E-state index in [1.54, 1.807) is 41.4 Å². The van der Waals surface area contributed by atoms with E-state index in [2.05, 4.69) is 21.7 Å². The van der Waals surface area contributed by atoms with E-state index in [4.69, 9.17) is 9.47 Å². The average molecular weight is 611 g/mol. The van der Waals surface area contributed by atoms with E-state index in [-0.39, 0.29) is 17.9 Å². The van der Waals surface area contributed by atoms with Gasteiger partial charge in [0.25, 0.3) is 0 Å². The molecule has 1 unspecified atom stereocenters. The van der Waals surface area contributed by atoms with Crippen molar-refractivity contribution in [1.29, 1.82) is 0 Å². The summed E-state index contributed by atoms with van der Waals surface area (Å²) in [5.74, 6) is 0.207. The Hall–Kier alpha value is -4.99. The zero-order valence-corrected chi connectivity index (χ0v) is 25.4. The van der Waals surface area contributed by atoms with Gasteiger partial charge in [-0.1, -0.05) is 6.07 Å². The van der Waals surface area contributed by atoms with Crippen molar-refractivity contribution < 1.29 is 28.2 Å². The summed E-state index contributed by atoms with van der Waals surface area (Å²) in [5.41, 5.74) is 1.19. The van der Waals surface area contributed by atoms with E-state index < -0.39 is 22.7 Å². The van der Waals surface area contributed by atoms with Crippen LogP contribution < -0.4 is 15.4 Å². The average Bonchev–Trinajstić information content (AvgIpc) is 3.68. The van der Waals surface area contributed by atoms with Gasteiger partial charge in [-0.3, -0.25) is 14.6 Å². The minimum atomic E-state index is -1.15. The molecule has 0 bridgehead atoms. The van der Waals surface area contributed by atoms with Gasteiger partial charge in [-0.05, 0) is 112 Å². The number of fused-ring (bicyclic) bond motifs is 1. The third-order valence-electron chi connectivity index (χ3n) is 8.10. The van der Waals surface area contributed by atoms with E-state index in [1.165, 1.54) is 24.3 Å². The van der Waals surface area contributed by atoms with Crippen LogP contribution in [0.4, 0.5) is 20.6 Å². The molecule has 1 aliphatic carbocycles. The van der Waals surface area contributed by atoms with Crippen LogP contribution in [0.2, 0.25) is 0 Å². The summed E-state index contributed by atoms with van der Waals surface area (Å²) in [6.45, 7) is 6.84. The standard InChI is InChI=1S/C35H35FN4O5/c1-34(2,3)45-33(43)40-19-15-23(21-40)22-4-13-28-29(20-22)37-18-14-30(28)44-27-11-9-26(10-12-27)39-32(42)35(16-17-35)31(41)38-25-7-5-24(36)6-8-25/h4-14,18,20,23H,15-17,19,21H2,1-3H3,(H,38,41)(H,39,42). The number of nitrogens with one attached hydrogen (secondary N) is 2. The molecule has 0 spiro atoms. The number of carbonyl (C=O) groups excluding carboxylic acids is 3. The topological polar surface area (TPSA) is 110 Å². The predicted octanol–water partition coefficient (Wildman–Crippen LogP) is 7.25. The van der Waals surface area contributed by atoms with Crippen LogP contribution in [0.15, 0.2) is 79.0 Å². The first-order valence-corrected chi connectivity index (χ1v) is 15.0. The maximum absolute atomic E-state index is 13.2. The molecule has 9 nitrogen and oxygen atoms in total. The first-order chi connectivity index (χ1) is 21.5. The highest BCUT2D eigenvalue weighted by Gasteiger charge is 2.56. The van der Waals surface area contributed by atoms with Gasteiger partial charge in [0.05, 0.1) is 5.52 Å². The molecule has 232 valence electrons. The molecule has 1 aromatic heterocycles. The number of rotatable bonds is 7. The van der Waals surface area contributed by atoms with Crippen LogP contribution in [-0.2, 0) is 14.3 Å². The Balaban J connectivity index is 1.08. The van der Waals surface area contributed by atoms with E-state index in [1.807, 2.05) is 32.9 Å². The molecule has 1 aliphatic heterocycles. The second kappa shape index (κ2) is 11.8. The molecule has 2 aliphatic rings. The summed E-state index contributed by atoms with van der Waals surface area (Å²) in [5, 5.41) is 6.40. The second-order valence-corrected chi connectivity index (χ2v) is 12.6. The Labute approximate surface area is 260 Å². The highest BCUT2D eigenvalue weighted by Crippen LogP contribution is 2.47. The highest BCUT2D eigenvalue weighted by atomic mass is 19.1. The summed E-state index contributed by atoms with van der Waals surface area (Å²) in [6.07, 6.45) is 3.14. The summed E-state index contributed by atoms with van der Waals surface area (Å²) in [7, 11) is 0. The van der Waals surface area contributed by atoms with Crippen molar-refractivity contribution in [3.8, 4) is 11.5 Å². The third kappa shape index (κ3) is 6.74. The number of benzene rings is 3. The van der Waals surface area contributed by atoms with Gasteiger partial charge < -0.3 is 25.0 Å². The van der Waals surface area contributed by atoms with Crippen LogP contribution in [0.25, 0.3) is 10.9 Å². The van der Waals surface area contributed by atoms with E-state index in [0.29, 0.717) is 48.8 Å². The van der Waals surface area contributed by atoms with Crippen molar-refractivity contribution in [2.45, 2.75) is 51.6 Å². The van der Waals surface area contributed by atoms with Gasteiger partial charge in [0.15, 0.2) is 0 Å². The monoisotopic (exact) mass is 610 g/mol. The summed E-state index contributed by atoms with van der Waals surface area (Å²) < 4.78 is 24.9. The zero-order chi connectivity index (χ0) is 31.8. The number of anilines is 2. The predicted molar refractivity (Wildman–Crippen MR) is 169 cm³/mol. The van der Waals surface area contributed by atoms with Crippen molar-refractivity contribution in [3.05, 3.63) is 90.4 Å². The lowest BCUT2D eigenvalue weighted by atomic mass is 9.97. The maximum Gasteiger partial charge on any atom is 0.410 e. The molecule has 45 heavy (non-hydrogen) atoms. The zero-order valence-electron chi connectivity index (χ0n) is 25.4. The molecule has 3 amide bonds. The number of hydrogen-bond acceptors (Lipinski definition) is 6. The molecule has 2 fully saturated rings. The van der Waals surface area contributed by atoms with Crippen molar-refractivity contribution in [3.63, 3.8) is 0 Å². The molecular formula is C35H35FN4O5. The maximum atomic E-state index is 13.2. The molecule has 1 saturated carbocycles. The van der Waals surface area contributed by atoms with E-state index in [9.17, 15) is 18.8 Å². The number of amides is 3. The minimum Gasteiger partial charge on any atom is -0.457 e. The smallest absolute Gasteiger partial charge is 0.410 e. The Morgan fingerprint density at radius 1 is 0.911 bits per heavy atom. The first kappa shape index (κ1) is 30.1. The number of halogens is 1. The fourth-order valence-electron chi connectivity index (χ4n) is 5.46. The third-order valence-corrected chi connectivity index (χ3v) is 8.10. The number of ether oxygens (including phenoxy) is 2. The molecule has 0 radical (unpaired) electrons. The Morgan fingerprint density at radius 3 is 2.18 bits per heavy atom. The second-order valence-electron chi connectivity index (χ2n) is 12.6. The number of likely N-dealkylation sites (tertiary alicyclic amines) is 1. The van der Waals surface area contributed by atoms with E-state index >= 15 is 0 Å². The fraction of sp³-hybridized carbons (Fsp3) is 0.314. The van der Waals surface area contributed by atoms with Crippen LogP contribution in [-0.4, -0.2) is 46.5 Å². The number of nitrogens with zero attached hydrogens (tertiary/aromatic N) is 2. The van der Waals surface area contributed by atoms with Crippen LogP contribution >= 0.6 is 0 Å². The Morgan fingerprint density at radius 2 is 1.56 bits per heavy atom. The Kier molecular flexibility index (Phi) is 7.90. The summed E-state index contributed by atoms with van der Waals surface area (Å²) >= 11 is 0. The molecule has 2 heterocycles. The van der Waals surface area contributed by atoms with Gasteiger partial charge in [-0.25, -0.2) is 9.18 Å². The summed E-state index contributed by atoms with van der Waals surface area (Å²) in [6, 6.07) is 20.3. The lowest BCUT2D eigenvalue weighted by molar-refractivity contribution is -0.131. The van der Waals surface area contributed by atoms with Gasteiger partial charge >= 0.3 is 6.09 Å². The minimum absolute atomic E-state index is 0.194. The van der Waals surface area contributed by atoms with Gasteiger partial charge in [-0.2, -0.15) is 0 Å². The van der Waals surface area contributed by atoms with Gasteiger partial charge in [-0.15, -0.1) is 0 Å². The number of pyridine rings is 1.